The molecule has 7 heteroatoms. The molecule has 1 amide bonds. The van der Waals surface area contributed by atoms with Crippen LogP contribution in [0.15, 0.2) is 30.9 Å². The van der Waals surface area contributed by atoms with Crippen LogP contribution in [-0.4, -0.2) is 36.2 Å². The lowest BCUT2D eigenvalue weighted by atomic mass is 10.1. The predicted octanol–water partition coefficient (Wildman–Crippen LogP) is 2.31. The van der Waals surface area contributed by atoms with Crippen LogP contribution in [0.4, 0.5) is 0 Å². The number of amides is 1. The van der Waals surface area contributed by atoms with Gasteiger partial charge in [0.2, 0.25) is 5.91 Å². The standard InChI is InChI=1S/C14H15Cl2NO4/c1-2-5-21-8-12(14(19)20)17-13(18)7-9-3-4-10(15)11(16)6-9/h2-4,6,12H,1,5,7-8H2,(H,17,18)(H,19,20). The van der Waals surface area contributed by atoms with Gasteiger partial charge in [0.15, 0.2) is 6.04 Å². The fourth-order valence-electron chi connectivity index (χ4n) is 1.52. The zero-order valence-corrected chi connectivity index (χ0v) is 12.7. The lowest BCUT2D eigenvalue weighted by Gasteiger charge is -2.14. The summed E-state index contributed by atoms with van der Waals surface area (Å²) in [5.41, 5.74) is 0.637. The van der Waals surface area contributed by atoms with Crippen molar-refractivity contribution in [1.29, 1.82) is 0 Å². The first-order valence-corrected chi connectivity index (χ1v) is 6.84. The number of carboxylic acid groups (broad SMARTS) is 1. The van der Waals surface area contributed by atoms with Crippen LogP contribution in [-0.2, 0) is 20.7 Å². The molecule has 0 saturated heterocycles. The highest BCUT2D eigenvalue weighted by Gasteiger charge is 2.20. The van der Waals surface area contributed by atoms with Gasteiger partial charge >= 0.3 is 5.97 Å². The van der Waals surface area contributed by atoms with E-state index in [2.05, 4.69) is 11.9 Å². The molecular formula is C14H15Cl2NO4. The second kappa shape index (κ2) is 8.67. The Morgan fingerprint density at radius 1 is 1.38 bits per heavy atom. The van der Waals surface area contributed by atoms with Gasteiger partial charge in [-0.05, 0) is 17.7 Å². The second-order valence-corrected chi connectivity index (χ2v) is 5.02. The van der Waals surface area contributed by atoms with Crippen molar-refractivity contribution in [1.82, 2.24) is 5.32 Å². The molecule has 0 radical (unpaired) electrons. The molecular weight excluding hydrogens is 317 g/mol. The van der Waals surface area contributed by atoms with Crippen LogP contribution in [0.25, 0.3) is 0 Å². The summed E-state index contributed by atoms with van der Waals surface area (Å²) < 4.78 is 5.04. The number of nitrogens with one attached hydrogen (secondary N) is 1. The molecule has 114 valence electrons. The summed E-state index contributed by atoms with van der Waals surface area (Å²) in [6.07, 6.45) is 1.50. The highest BCUT2D eigenvalue weighted by molar-refractivity contribution is 6.42. The van der Waals surface area contributed by atoms with Gasteiger partial charge in [0, 0.05) is 0 Å². The number of carbonyl (C=O) groups is 2. The van der Waals surface area contributed by atoms with E-state index in [9.17, 15) is 9.59 Å². The Kier molecular flexibility index (Phi) is 7.22. The van der Waals surface area contributed by atoms with Crippen LogP contribution in [0.5, 0.6) is 0 Å². The maximum absolute atomic E-state index is 11.8. The third-order valence-corrected chi connectivity index (χ3v) is 3.24. The SMILES string of the molecule is C=CCOCC(NC(=O)Cc1ccc(Cl)c(Cl)c1)C(=O)O. The van der Waals surface area contributed by atoms with E-state index in [-0.39, 0.29) is 19.6 Å². The summed E-state index contributed by atoms with van der Waals surface area (Å²) >= 11 is 11.6. The van der Waals surface area contributed by atoms with Crippen LogP contribution >= 0.6 is 23.2 Å². The number of aliphatic carboxylic acids is 1. The van der Waals surface area contributed by atoms with Crippen molar-refractivity contribution in [3.63, 3.8) is 0 Å². The minimum absolute atomic E-state index is 0.00211. The Morgan fingerprint density at radius 3 is 2.67 bits per heavy atom. The van der Waals surface area contributed by atoms with Crippen molar-refractivity contribution in [3.05, 3.63) is 46.5 Å². The van der Waals surface area contributed by atoms with E-state index < -0.39 is 17.9 Å². The summed E-state index contributed by atoms with van der Waals surface area (Å²) in [5, 5.41) is 12.1. The molecule has 0 aliphatic carbocycles. The third kappa shape index (κ3) is 6.16. The minimum atomic E-state index is -1.17. The number of halogens is 2. The Balaban J connectivity index is 2.58. The smallest absolute Gasteiger partial charge is 0.328 e. The lowest BCUT2D eigenvalue weighted by molar-refractivity contribution is -0.143. The van der Waals surface area contributed by atoms with E-state index in [0.717, 1.165) is 0 Å². The highest BCUT2D eigenvalue weighted by atomic mass is 35.5. The van der Waals surface area contributed by atoms with Crippen molar-refractivity contribution < 1.29 is 19.4 Å². The van der Waals surface area contributed by atoms with E-state index in [1.807, 2.05) is 0 Å². The number of carboxylic acids is 1. The largest absolute Gasteiger partial charge is 0.480 e. The number of hydrogen-bond acceptors (Lipinski definition) is 3. The van der Waals surface area contributed by atoms with Gasteiger partial charge in [-0.3, -0.25) is 4.79 Å². The number of carbonyl (C=O) groups excluding carboxylic acids is 1. The number of benzene rings is 1. The first kappa shape index (κ1) is 17.5. The molecule has 1 aromatic rings. The zero-order valence-electron chi connectivity index (χ0n) is 11.1. The van der Waals surface area contributed by atoms with E-state index in [1.165, 1.54) is 6.08 Å². The molecule has 2 N–H and O–H groups in total. The van der Waals surface area contributed by atoms with Gasteiger partial charge in [-0.15, -0.1) is 6.58 Å². The first-order valence-electron chi connectivity index (χ1n) is 6.08. The first-order chi connectivity index (χ1) is 9.93. The van der Waals surface area contributed by atoms with Crippen molar-refractivity contribution in [3.8, 4) is 0 Å². The minimum Gasteiger partial charge on any atom is -0.480 e. The van der Waals surface area contributed by atoms with Crippen molar-refractivity contribution in [2.45, 2.75) is 12.5 Å². The van der Waals surface area contributed by atoms with Gasteiger partial charge in [0.1, 0.15) is 0 Å². The summed E-state index contributed by atoms with van der Waals surface area (Å²) in [6.45, 7) is 3.54. The number of hydrogen-bond donors (Lipinski definition) is 2. The molecule has 0 fully saturated rings. The topological polar surface area (TPSA) is 75.6 Å². The number of rotatable bonds is 8. The van der Waals surface area contributed by atoms with Crippen molar-refractivity contribution in [2.75, 3.05) is 13.2 Å². The Hall–Kier alpha value is -1.56. The van der Waals surface area contributed by atoms with Crippen LogP contribution in [0.2, 0.25) is 10.0 Å². The van der Waals surface area contributed by atoms with E-state index in [1.54, 1.807) is 18.2 Å². The lowest BCUT2D eigenvalue weighted by Crippen LogP contribution is -2.44. The average Bonchev–Trinajstić information content (AvgIpc) is 2.42. The second-order valence-electron chi connectivity index (χ2n) is 4.21. The molecule has 1 rings (SSSR count). The predicted molar refractivity (Wildman–Crippen MR) is 80.7 cm³/mol. The van der Waals surface area contributed by atoms with Gasteiger partial charge in [-0.25, -0.2) is 4.79 Å². The molecule has 1 aromatic carbocycles. The molecule has 0 saturated carbocycles. The molecule has 0 spiro atoms. The fourth-order valence-corrected chi connectivity index (χ4v) is 1.84. The Morgan fingerprint density at radius 2 is 2.10 bits per heavy atom. The maximum Gasteiger partial charge on any atom is 0.328 e. The van der Waals surface area contributed by atoms with Crippen molar-refractivity contribution >= 4 is 35.1 Å². The monoisotopic (exact) mass is 331 g/mol. The summed E-state index contributed by atoms with van der Waals surface area (Å²) in [4.78, 5) is 22.9. The number of ether oxygens (including phenoxy) is 1. The highest BCUT2D eigenvalue weighted by Crippen LogP contribution is 2.22. The van der Waals surface area contributed by atoms with Crippen LogP contribution in [0.3, 0.4) is 0 Å². The molecule has 1 atom stereocenters. The zero-order chi connectivity index (χ0) is 15.8. The fraction of sp³-hybridized carbons (Fsp3) is 0.286. The van der Waals surface area contributed by atoms with E-state index in [0.29, 0.717) is 15.6 Å². The van der Waals surface area contributed by atoms with Gasteiger partial charge in [0.05, 0.1) is 29.7 Å². The molecule has 5 nitrogen and oxygen atoms in total. The Labute approximate surface area is 132 Å². The van der Waals surface area contributed by atoms with Crippen LogP contribution in [0, 0.1) is 0 Å². The molecule has 0 heterocycles. The van der Waals surface area contributed by atoms with E-state index in [4.69, 9.17) is 33.0 Å². The average molecular weight is 332 g/mol. The third-order valence-electron chi connectivity index (χ3n) is 2.50. The molecule has 0 bridgehead atoms. The van der Waals surface area contributed by atoms with E-state index >= 15 is 0 Å². The van der Waals surface area contributed by atoms with Gasteiger partial charge < -0.3 is 15.2 Å². The maximum atomic E-state index is 11.8. The van der Waals surface area contributed by atoms with Crippen LogP contribution < -0.4 is 5.32 Å². The molecule has 0 aliphatic heterocycles. The summed E-state index contributed by atoms with van der Waals surface area (Å²) in [5.74, 6) is -1.61. The Bertz CT molecular complexity index is 534. The molecule has 0 aromatic heterocycles. The molecule has 21 heavy (non-hydrogen) atoms. The van der Waals surface area contributed by atoms with Gasteiger partial charge in [0.25, 0.3) is 0 Å². The normalized spacial score (nSPS) is 11.7. The summed E-state index contributed by atoms with van der Waals surface area (Å²) in [7, 11) is 0. The molecule has 1 unspecified atom stereocenters. The summed E-state index contributed by atoms with van der Waals surface area (Å²) in [6, 6.07) is 3.68. The van der Waals surface area contributed by atoms with Crippen molar-refractivity contribution in [2.24, 2.45) is 0 Å². The quantitative estimate of drug-likeness (QED) is 0.566. The van der Waals surface area contributed by atoms with Gasteiger partial charge in [-0.1, -0.05) is 35.3 Å². The van der Waals surface area contributed by atoms with Crippen LogP contribution in [0.1, 0.15) is 5.56 Å². The molecule has 0 aliphatic rings. The van der Waals surface area contributed by atoms with Gasteiger partial charge in [-0.2, -0.15) is 0 Å².